The molecule has 0 fully saturated rings. The Morgan fingerprint density at radius 3 is 0.732 bits per heavy atom. The smallest absolute Gasteiger partial charge is 0.462 e. The Kier molecular flexibility index (Phi) is 65.9. The first-order valence-corrected chi connectivity index (χ1v) is 43.3. The van der Waals surface area contributed by atoms with Gasteiger partial charge in [0.25, 0.3) is 0 Å². The fourth-order valence-electron chi connectivity index (χ4n) is 11.8. The topological polar surface area (TPSA) is 237 Å². The molecule has 97 heavy (non-hydrogen) atoms. The molecular formula is C78H152O17P2. The number of aliphatic hydroxyl groups excluding tert-OH is 1. The van der Waals surface area contributed by atoms with E-state index in [-0.39, 0.29) is 25.7 Å². The largest absolute Gasteiger partial charge is 0.472 e. The zero-order chi connectivity index (χ0) is 71.7. The van der Waals surface area contributed by atoms with Crippen LogP contribution < -0.4 is 0 Å². The lowest BCUT2D eigenvalue weighted by molar-refractivity contribution is -0.161. The third kappa shape index (κ3) is 68.3. The lowest BCUT2D eigenvalue weighted by Crippen LogP contribution is -2.30. The van der Waals surface area contributed by atoms with E-state index in [2.05, 4.69) is 55.4 Å². The number of carbonyl (C=O) groups excluding carboxylic acids is 4. The second-order valence-corrected chi connectivity index (χ2v) is 32.2. The average molecular weight is 1420 g/mol. The average Bonchev–Trinajstić information content (AvgIpc) is 1.92. The summed E-state index contributed by atoms with van der Waals surface area (Å²) in [7, 11) is -9.92. The standard InChI is InChI=1S/C78H152O17P2/c1-9-69(6)55-47-39-31-25-19-14-12-13-15-21-28-34-44-52-60-77(82)95-74(65-89-76(81)59-51-43-37-36-41-49-57-71(8)11-3)67-93-97(86,87)91-63-72(79)62-90-96(84,85)92-66-73(94-78(83)61-53-45-35-29-23-22-26-32-40-48-56-70(7)10-2)64-88-75(80)58-50-42-33-27-20-17-16-18-24-30-38-46-54-68(4)5/h68-74,79H,9-67H2,1-8H3,(H,84,85)(H,86,87)/t69?,70?,71?,72-,73-,74-/m1/s1. The highest BCUT2D eigenvalue weighted by Crippen LogP contribution is 2.45. The fraction of sp³-hybridized carbons (Fsp3) is 0.949. The van der Waals surface area contributed by atoms with Crippen molar-refractivity contribution >= 4 is 39.5 Å². The summed E-state index contributed by atoms with van der Waals surface area (Å²) in [5, 5.41) is 10.6. The minimum Gasteiger partial charge on any atom is -0.462 e. The summed E-state index contributed by atoms with van der Waals surface area (Å²) in [5.41, 5.74) is 0. The molecule has 3 N–H and O–H groups in total. The van der Waals surface area contributed by atoms with Crippen molar-refractivity contribution in [2.75, 3.05) is 39.6 Å². The molecule has 576 valence electrons. The van der Waals surface area contributed by atoms with E-state index in [0.717, 1.165) is 120 Å². The molecule has 5 unspecified atom stereocenters. The molecule has 0 radical (unpaired) electrons. The maximum absolute atomic E-state index is 13.1. The van der Waals surface area contributed by atoms with Crippen molar-refractivity contribution in [2.24, 2.45) is 23.7 Å². The summed E-state index contributed by atoms with van der Waals surface area (Å²) in [4.78, 5) is 72.9. The maximum atomic E-state index is 13.1. The minimum absolute atomic E-state index is 0.106. The van der Waals surface area contributed by atoms with Crippen molar-refractivity contribution in [3.05, 3.63) is 0 Å². The molecule has 0 heterocycles. The van der Waals surface area contributed by atoms with Crippen LogP contribution in [-0.2, 0) is 65.4 Å². The molecule has 0 aromatic carbocycles. The van der Waals surface area contributed by atoms with Crippen LogP contribution in [0.15, 0.2) is 0 Å². The number of rotatable bonds is 75. The van der Waals surface area contributed by atoms with E-state index in [4.69, 9.17) is 37.0 Å². The molecule has 0 saturated heterocycles. The highest BCUT2D eigenvalue weighted by Gasteiger charge is 2.30. The number of aliphatic hydroxyl groups is 1. The summed E-state index contributed by atoms with van der Waals surface area (Å²) >= 11 is 0. The van der Waals surface area contributed by atoms with Gasteiger partial charge in [0.2, 0.25) is 0 Å². The van der Waals surface area contributed by atoms with E-state index in [0.29, 0.717) is 25.7 Å². The van der Waals surface area contributed by atoms with Gasteiger partial charge < -0.3 is 33.8 Å². The lowest BCUT2D eigenvalue weighted by atomic mass is 9.99. The Morgan fingerprint density at radius 2 is 0.495 bits per heavy atom. The van der Waals surface area contributed by atoms with E-state index < -0.39 is 97.5 Å². The van der Waals surface area contributed by atoms with E-state index in [1.165, 1.54) is 193 Å². The molecule has 0 bridgehead atoms. The van der Waals surface area contributed by atoms with Gasteiger partial charge in [-0.2, -0.15) is 0 Å². The molecule has 0 aromatic heterocycles. The van der Waals surface area contributed by atoms with E-state index in [1.54, 1.807) is 0 Å². The van der Waals surface area contributed by atoms with Crippen LogP contribution in [0.3, 0.4) is 0 Å². The number of hydrogen-bond donors (Lipinski definition) is 3. The molecular weight excluding hydrogens is 1270 g/mol. The van der Waals surface area contributed by atoms with Crippen molar-refractivity contribution in [1.29, 1.82) is 0 Å². The SMILES string of the molecule is CCC(C)CCCCCCCCCCCCCCCCC(=O)O[C@H](COC(=O)CCCCCCCCC(C)CC)COP(=O)(O)OC[C@H](O)COP(=O)(O)OC[C@@H](COC(=O)CCCCCCCCCCCCCCC(C)C)OC(=O)CCCCCCCCCCCCC(C)CC. The molecule has 0 aromatic rings. The molecule has 19 heteroatoms. The Hall–Kier alpha value is -1.94. The molecule has 8 atom stereocenters. The molecule has 0 aliphatic carbocycles. The fourth-order valence-corrected chi connectivity index (χ4v) is 13.4. The normalized spacial score (nSPS) is 14.9. The van der Waals surface area contributed by atoms with Gasteiger partial charge in [0.15, 0.2) is 12.2 Å². The van der Waals surface area contributed by atoms with Gasteiger partial charge in [0.05, 0.1) is 26.4 Å². The number of carbonyl (C=O) groups is 4. The lowest BCUT2D eigenvalue weighted by Gasteiger charge is -2.21. The second kappa shape index (κ2) is 67.2. The maximum Gasteiger partial charge on any atom is 0.472 e. The van der Waals surface area contributed by atoms with Crippen LogP contribution in [0.2, 0.25) is 0 Å². The van der Waals surface area contributed by atoms with Crippen molar-refractivity contribution in [1.82, 2.24) is 0 Å². The van der Waals surface area contributed by atoms with Gasteiger partial charge in [-0.05, 0) is 49.4 Å². The van der Waals surface area contributed by atoms with E-state index in [9.17, 15) is 43.2 Å². The van der Waals surface area contributed by atoms with E-state index in [1.807, 2.05) is 0 Å². The summed E-state index contributed by atoms with van der Waals surface area (Å²) in [6, 6.07) is 0. The Balaban J connectivity index is 5.25. The number of ether oxygens (including phenoxy) is 4. The van der Waals surface area contributed by atoms with Crippen molar-refractivity contribution < 1.29 is 80.2 Å². The molecule has 17 nitrogen and oxygen atoms in total. The monoisotopic (exact) mass is 1420 g/mol. The quantitative estimate of drug-likeness (QED) is 0.0222. The van der Waals surface area contributed by atoms with Crippen LogP contribution in [0.4, 0.5) is 0 Å². The number of unbranched alkanes of at least 4 members (excludes halogenated alkanes) is 38. The Morgan fingerprint density at radius 1 is 0.289 bits per heavy atom. The van der Waals surface area contributed by atoms with Gasteiger partial charge in [0.1, 0.15) is 19.3 Å². The highest BCUT2D eigenvalue weighted by molar-refractivity contribution is 7.47. The van der Waals surface area contributed by atoms with Crippen molar-refractivity contribution in [2.45, 2.75) is 414 Å². The minimum atomic E-state index is -4.96. The zero-order valence-corrected chi connectivity index (χ0v) is 65.5. The van der Waals surface area contributed by atoms with Crippen LogP contribution in [0.25, 0.3) is 0 Å². The van der Waals surface area contributed by atoms with Crippen LogP contribution in [0.1, 0.15) is 396 Å². The van der Waals surface area contributed by atoms with Crippen molar-refractivity contribution in [3.63, 3.8) is 0 Å². The highest BCUT2D eigenvalue weighted by atomic mass is 31.2. The van der Waals surface area contributed by atoms with Crippen LogP contribution >= 0.6 is 15.6 Å². The van der Waals surface area contributed by atoms with Gasteiger partial charge in [0, 0.05) is 25.7 Å². The first-order chi connectivity index (χ1) is 46.7. The van der Waals surface area contributed by atoms with Crippen LogP contribution in [-0.4, -0.2) is 96.7 Å². The van der Waals surface area contributed by atoms with Crippen molar-refractivity contribution in [3.8, 4) is 0 Å². The predicted molar refractivity (Wildman–Crippen MR) is 395 cm³/mol. The van der Waals surface area contributed by atoms with E-state index >= 15 is 0 Å². The zero-order valence-electron chi connectivity index (χ0n) is 63.7. The number of phosphoric acid groups is 2. The number of phosphoric ester groups is 2. The molecule has 0 aliphatic heterocycles. The van der Waals surface area contributed by atoms with Crippen LogP contribution in [0, 0.1) is 23.7 Å². The van der Waals surface area contributed by atoms with Gasteiger partial charge in [-0.3, -0.25) is 37.3 Å². The Bertz CT molecular complexity index is 1910. The third-order valence-corrected chi connectivity index (χ3v) is 21.1. The summed E-state index contributed by atoms with van der Waals surface area (Å²) in [6.45, 7) is 14.3. The molecule has 0 aliphatic rings. The number of hydrogen-bond acceptors (Lipinski definition) is 15. The summed E-state index contributed by atoms with van der Waals surface area (Å²) < 4.78 is 68.6. The number of esters is 4. The van der Waals surface area contributed by atoms with Gasteiger partial charge in [-0.15, -0.1) is 0 Å². The molecule has 0 saturated carbocycles. The Labute approximate surface area is 594 Å². The summed E-state index contributed by atoms with van der Waals surface area (Å²) in [6.07, 6.45) is 52.5. The third-order valence-electron chi connectivity index (χ3n) is 19.2. The van der Waals surface area contributed by atoms with Gasteiger partial charge in [-0.25, -0.2) is 9.13 Å². The molecule has 0 amide bonds. The second-order valence-electron chi connectivity index (χ2n) is 29.3. The van der Waals surface area contributed by atoms with Crippen LogP contribution in [0.5, 0.6) is 0 Å². The molecule has 0 spiro atoms. The first-order valence-electron chi connectivity index (χ1n) is 40.3. The van der Waals surface area contributed by atoms with Gasteiger partial charge in [-0.1, -0.05) is 344 Å². The first kappa shape index (κ1) is 95.1. The predicted octanol–water partition coefficient (Wildman–Crippen LogP) is 22.8. The van der Waals surface area contributed by atoms with Gasteiger partial charge >= 0.3 is 39.5 Å². The molecule has 0 rings (SSSR count). The summed E-state index contributed by atoms with van der Waals surface area (Å²) in [5.74, 6) is 1.04.